The van der Waals surface area contributed by atoms with Gasteiger partial charge in [0.2, 0.25) is 0 Å². The molecule has 0 radical (unpaired) electrons. The molecular formula is C11H20O4. The molecule has 0 bridgehead atoms. The molecule has 4 heteroatoms. The fourth-order valence-corrected chi connectivity index (χ4v) is 0.894. The van der Waals surface area contributed by atoms with Crippen LogP contribution in [0, 0.1) is 11.3 Å². The van der Waals surface area contributed by atoms with E-state index in [0.717, 1.165) is 0 Å². The Bertz CT molecular complexity index is 223. The monoisotopic (exact) mass is 216 g/mol. The van der Waals surface area contributed by atoms with Gasteiger partial charge in [0.05, 0.1) is 11.3 Å². The highest BCUT2D eigenvalue weighted by molar-refractivity contribution is 5.77. The quantitative estimate of drug-likeness (QED) is 0.537. The van der Waals surface area contributed by atoms with Crippen molar-refractivity contribution >= 4 is 11.9 Å². The van der Waals surface area contributed by atoms with Crippen molar-refractivity contribution in [3.8, 4) is 0 Å². The van der Waals surface area contributed by atoms with Crippen LogP contribution in [0.2, 0.25) is 0 Å². The SMILES string of the molecule is CCC(CC)C(=O)OOC(=O)C(C)(C)C. The molecular weight excluding hydrogens is 196 g/mol. The summed E-state index contributed by atoms with van der Waals surface area (Å²) in [5, 5.41) is 0. The summed E-state index contributed by atoms with van der Waals surface area (Å²) in [6.45, 7) is 8.86. The minimum Gasteiger partial charge on any atom is -0.247 e. The van der Waals surface area contributed by atoms with E-state index in [1.54, 1.807) is 20.8 Å². The highest BCUT2D eigenvalue weighted by Crippen LogP contribution is 2.16. The van der Waals surface area contributed by atoms with Crippen LogP contribution in [0.15, 0.2) is 0 Å². The number of hydrogen-bond donors (Lipinski definition) is 0. The van der Waals surface area contributed by atoms with Crippen LogP contribution in [0.4, 0.5) is 0 Å². The molecule has 0 aliphatic rings. The first-order valence-electron chi connectivity index (χ1n) is 5.25. The van der Waals surface area contributed by atoms with Crippen molar-refractivity contribution in [1.29, 1.82) is 0 Å². The molecule has 0 aliphatic carbocycles. The third kappa shape index (κ3) is 4.81. The molecule has 0 atom stereocenters. The van der Waals surface area contributed by atoms with Crippen LogP contribution in [0.25, 0.3) is 0 Å². The first kappa shape index (κ1) is 13.9. The van der Waals surface area contributed by atoms with Crippen molar-refractivity contribution in [2.75, 3.05) is 0 Å². The predicted molar refractivity (Wildman–Crippen MR) is 55.7 cm³/mol. The lowest BCUT2D eigenvalue weighted by Gasteiger charge is -2.15. The van der Waals surface area contributed by atoms with E-state index in [1.807, 2.05) is 13.8 Å². The number of hydrogen-bond acceptors (Lipinski definition) is 4. The number of carbonyl (C=O) groups is 2. The molecule has 0 aliphatic heterocycles. The van der Waals surface area contributed by atoms with Gasteiger partial charge in [0.1, 0.15) is 0 Å². The number of carbonyl (C=O) groups excluding carboxylic acids is 2. The van der Waals surface area contributed by atoms with E-state index in [0.29, 0.717) is 12.8 Å². The molecule has 0 aromatic rings. The smallest absolute Gasteiger partial charge is 0.247 e. The van der Waals surface area contributed by atoms with Gasteiger partial charge in [-0.1, -0.05) is 13.8 Å². The normalized spacial score (nSPS) is 11.3. The van der Waals surface area contributed by atoms with Crippen LogP contribution >= 0.6 is 0 Å². The summed E-state index contributed by atoms with van der Waals surface area (Å²) in [4.78, 5) is 31.6. The van der Waals surface area contributed by atoms with E-state index >= 15 is 0 Å². The zero-order chi connectivity index (χ0) is 12.1. The largest absolute Gasteiger partial charge is 0.360 e. The van der Waals surface area contributed by atoms with Crippen LogP contribution in [0.1, 0.15) is 47.5 Å². The van der Waals surface area contributed by atoms with E-state index in [2.05, 4.69) is 9.78 Å². The summed E-state index contributed by atoms with van der Waals surface area (Å²) in [5.74, 6) is -1.21. The van der Waals surface area contributed by atoms with Crippen molar-refractivity contribution in [3.63, 3.8) is 0 Å². The van der Waals surface area contributed by atoms with Gasteiger partial charge >= 0.3 is 11.9 Å². The van der Waals surface area contributed by atoms with E-state index in [9.17, 15) is 9.59 Å². The summed E-state index contributed by atoms with van der Waals surface area (Å²) in [5.41, 5.74) is -0.659. The van der Waals surface area contributed by atoms with Crippen molar-refractivity contribution in [1.82, 2.24) is 0 Å². The molecule has 88 valence electrons. The van der Waals surface area contributed by atoms with Crippen LogP contribution in [0.3, 0.4) is 0 Å². The molecule has 0 unspecified atom stereocenters. The standard InChI is InChI=1S/C11H20O4/c1-6-8(7-2)9(12)14-15-10(13)11(3,4)5/h8H,6-7H2,1-5H3. The Morgan fingerprint density at radius 2 is 1.53 bits per heavy atom. The maximum Gasteiger partial charge on any atom is 0.360 e. The third-order valence-corrected chi connectivity index (χ3v) is 2.13. The van der Waals surface area contributed by atoms with E-state index in [4.69, 9.17) is 0 Å². The second-order valence-electron chi connectivity index (χ2n) is 4.54. The summed E-state index contributed by atoms with van der Waals surface area (Å²) in [6.07, 6.45) is 1.37. The molecule has 0 aromatic carbocycles. The molecule has 0 spiro atoms. The molecule has 0 N–H and O–H groups in total. The molecule has 0 aromatic heterocycles. The highest BCUT2D eigenvalue weighted by atomic mass is 17.2. The van der Waals surface area contributed by atoms with Gasteiger partial charge in [-0.25, -0.2) is 19.4 Å². The Balaban J connectivity index is 4.06. The zero-order valence-electron chi connectivity index (χ0n) is 10.1. The Hall–Kier alpha value is -1.06. The van der Waals surface area contributed by atoms with Gasteiger partial charge in [-0.3, -0.25) is 0 Å². The molecule has 15 heavy (non-hydrogen) atoms. The lowest BCUT2D eigenvalue weighted by molar-refractivity contribution is -0.268. The van der Waals surface area contributed by atoms with Gasteiger partial charge < -0.3 is 0 Å². The second-order valence-corrected chi connectivity index (χ2v) is 4.54. The summed E-state index contributed by atoms with van der Waals surface area (Å²) < 4.78 is 0. The summed E-state index contributed by atoms with van der Waals surface area (Å²) in [6, 6.07) is 0. The Kier molecular flexibility index (Phi) is 5.33. The molecule has 0 rings (SSSR count). The molecule has 0 amide bonds. The van der Waals surface area contributed by atoms with Crippen molar-refractivity contribution in [2.24, 2.45) is 11.3 Å². The van der Waals surface area contributed by atoms with Crippen LogP contribution in [-0.2, 0) is 19.4 Å². The maximum atomic E-state index is 11.3. The van der Waals surface area contributed by atoms with Gasteiger partial charge in [0, 0.05) is 0 Å². The Labute approximate surface area is 90.9 Å². The predicted octanol–water partition coefficient (Wildman–Crippen LogP) is 2.47. The molecule has 4 nitrogen and oxygen atoms in total. The molecule has 0 saturated carbocycles. The van der Waals surface area contributed by atoms with Gasteiger partial charge in [-0.05, 0) is 33.6 Å². The average Bonchev–Trinajstić information content (AvgIpc) is 2.14. The fraction of sp³-hybridized carbons (Fsp3) is 0.818. The lowest BCUT2D eigenvalue weighted by atomic mass is 9.98. The second kappa shape index (κ2) is 5.73. The minimum atomic E-state index is -0.659. The maximum absolute atomic E-state index is 11.3. The first-order chi connectivity index (χ1) is 6.82. The van der Waals surface area contributed by atoms with Crippen molar-refractivity contribution in [3.05, 3.63) is 0 Å². The lowest BCUT2D eigenvalue weighted by Crippen LogP contribution is -2.26. The summed E-state index contributed by atoms with van der Waals surface area (Å²) in [7, 11) is 0. The first-order valence-corrected chi connectivity index (χ1v) is 5.25. The topological polar surface area (TPSA) is 52.6 Å². The van der Waals surface area contributed by atoms with E-state index in [1.165, 1.54) is 0 Å². The summed E-state index contributed by atoms with van der Waals surface area (Å²) >= 11 is 0. The van der Waals surface area contributed by atoms with Crippen LogP contribution in [-0.4, -0.2) is 11.9 Å². The van der Waals surface area contributed by atoms with E-state index in [-0.39, 0.29) is 5.92 Å². The van der Waals surface area contributed by atoms with Gasteiger partial charge in [-0.15, -0.1) is 0 Å². The fourth-order valence-electron chi connectivity index (χ4n) is 0.894. The van der Waals surface area contributed by atoms with E-state index < -0.39 is 17.4 Å². The highest BCUT2D eigenvalue weighted by Gasteiger charge is 2.27. The number of rotatable bonds is 3. The van der Waals surface area contributed by atoms with Gasteiger partial charge in [0.25, 0.3) is 0 Å². The zero-order valence-corrected chi connectivity index (χ0v) is 10.1. The van der Waals surface area contributed by atoms with Gasteiger partial charge in [-0.2, -0.15) is 0 Å². The van der Waals surface area contributed by atoms with Crippen LogP contribution < -0.4 is 0 Å². The third-order valence-electron chi connectivity index (χ3n) is 2.13. The average molecular weight is 216 g/mol. The Morgan fingerprint density at radius 3 is 1.87 bits per heavy atom. The van der Waals surface area contributed by atoms with Crippen LogP contribution in [0.5, 0.6) is 0 Å². The van der Waals surface area contributed by atoms with Crippen molar-refractivity contribution < 1.29 is 19.4 Å². The molecule has 0 saturated heterocycles. The van der Waals surface area contributed by atoms with Crippen molar-refractivity contribution in [2.45, 2.75) is 47.5 Å². The minimum absolute atomic E-state index is 0.197. The van der Waals surface area contributed by atoms with Gasteiger partial charge in [0.15, 0.2) is 0 Å². The molecule has 0 fully saturated rings. The molecule has 0 heterocycles. The Morgan fingerprint density at radius 1 is 1.07 bits per heavy atom.